The lowest BCUT2D eigenvalue weighted by Crippen LogP contribution is -2.25. The van der Waals surface area contributed by atoms with E-state index in [2.05, 4.69) is 50.4 Å². The summed E-state index contributed by atoms with van der Waals surface area (Å²) in [4.78, 5) is 10.7. The van der Waals surface area contributed by atoms with Crippen LogP contribution >= 0.6 is 61.2 Å². The lowest BCUT2D eigenvalue weighted by atomic mass is 10.2. The number of alkyl halides is 2. The quantitative estimate of drug-likeness (QED) is 0.112. The Morgan fingerprint density at radius 2 is 1.48 bits per heavy atom. The molecule has 0 aromatic rings. The number of nitrogens with zero attached hydrogens (tertiary/aromatic N) is 1. The van der Waals surface area contributed by atoms with E-state index >= 15 is 0 Å². The number of ether oxygens (including phenoxy) is 2. The highest BCUT2D eigenvalue weighted by atomic mass is 127. The monoisotopic (exact) mass is 651 g/mol. The van der Waals surface area contributed by atoms with E-state index in [0.29, 0.717) is 38.0 Å². The third-order valence-electron chi connectivity index (χ3n) is 4.32. The first kappa shape index (κ1) is 24.6. The van der Waals surface area contributed by atoms with Gasteiger partial charge in [0.1, 0.15) is 26.5 Å². The highest BCUT2D eigenvalue weighted by Crippen LogP contribution is 2.33. The molecule has 2 rings (SSSR count). The number of aliphatic hydroxyl groups is 1. The standard InChI is InChI=1S/C14H25I2NO8P2/c15-13-5-9(17-19)11(24-13)7-22-26(20)3-1-2-4-27(21)23-8-12-10(18)6-14(16)25-12/h9-14,18,26-27H,1-8H2/t9-,10-,11-,12-,13-,14-/m1/s1. The maximum Gasteiger partial charge on any atom is 0.191 e. The van der Waals surface area contributed by atoms with Gasteiger partial charge >= 0.3 is 0 Å². The van der Waals surface area contributed by atoms with E-state index in [1.807, 2.05) is 0 Å². The zero-order valence-corrected chi connectivity index (χ0v) is 20.9. The number of halogens is 2. The number of aliphatic hydroxyl groups excluding tert-OH is 1. The molecule has 2 heterocycles. The van der Waals surface area contributed by atoms with Gasteiger partial charge in [0.15, 0.2) is 16.1 Å². The Kier molecular flexibility index (Phi) is 11.7. The third-order valence-corrected chi connectivity index (χ3v) is 8.43. The van der Waals surface area contributed by atoms with Crippen LogP contribution in [0.25, 0.3) is 0 Å². The van der Waals surface area contributed by atoms with Gasteiger partial charge in [-0.2, -0.15) is 4.91 Å². The number of nitroso groups, excluding NO2 is 1. The van der Waals surface area contributed by atoms with Gasteiger partial charge in [0.2, 0.25) is 0 Å². The van der Waals surface area contributed by atoms with Crippen molar-refractivity contribution < 1.29 is 32.8 Å². The van der Waals surface area contributed by atoms with Gasteiger partial charge in [0.05, 0.1) is 19.3 Å². The fraction of sp³-hybridized carbons (Fsp3) is 1.00. The van der Waals surface area contributed by atoms with E-state index in [1.54, 1.807) is 0 Å². The summed E-state index contributed by atoms with van der Waals surface area (Å²) in [6.07, 6.45) is 1.70. The molecule has 2 fully saturated rings. The number of unbranched alkanes of at least 4 members (excludes halogenated alkanes) is 1. The summed E-state index contributed by atoms with van der Waals surface area (Å²) in [5, 5.41) is 12.8. The second kappa shape index (κ2) is 12.9. The molecule has 9 nitrogen and oxygen atoms in total. The van der Waals surface area contributed by atoms with Gasteiger partial charge in [-0.15, -0.1) is 0 Å². The normalized spacial score (nSPS) is 36.0. The highest BCUT2D eigenvalue weighted by molar-refractivity contribution is 14.1. The van der Waals surface area contributed by atoms with Crippen LogP contribution in [-0.4, -0.2) is 63.2 Å². The molecule has 158 valence electrons. The summed E-state index contributed by atoms with van der Waals surface area (Å²) >= 11 is 4.19. The van der Waals surface area contributed by atoms with E-state index in [9.17, 15) is 19.1 Å². The molecule has 2 aliphatic rings. The molecule has 0 amide bonds. The summed E-state index contributed by atoms with van der Waals surface area (Å²) < 4.78 is 45.3. The first-order chi connectivity index (χ1) is 12.9. The van der Waals surface area contributed by atoms with E-state index in [0.717, 1.165) is 0 Å². The van der Waals surface area contributed by atoms with Crippen LogP contribution in [0.1, 0.15) is 25.7 Å². The minimum Gasteiger partial charge on any atom is -0.390 e. The Hall–Kier alpha value is 1.32. The van der Waals surface area contributed by atoms with Gasteiger partial charge in [-0.05, 0) is 12.8 Å². The molecule has 0 radical (unpaired) electrons. The molecule has 2 saturated heterocycles. The van der Waals surface area contributed by atoms with Crippen molar-refractivity contribution in [3.8, 4) is 0 Å². The van der Waals surface area contributed by atoms with Crippen molar-refractivity contribution >= 4 is 61.2 Å². The highest BCUT2D eigenvalue weighted by Gasteiger charge is 2.35. The minimum absolute atomic E-state index is 0.0406. The molecule has 2 aliphatic heterocycles. The van der Waals surface area contributed by atoms with Crippen LogP contribution in [-0.2, 0) is 27.7 Å². The molecule has 0 bridgehead atoms. The van der Waals surface area contributed by atoms with Crippen LogP contribution < -0.4 is 0 Å². The van der Waals surface area contributed by atoms with Crippen LogP contribution in [0.3, 0.4) is 0 Å². The van der Waals surface area contributed by atoms with Crippen LogP contribution in [0.5, 0.6) is 0 Å². The van der Waals surface area contributed by atoms with Crippen molar-refractivity contribution in [1.29, 1.82) is 0 Å². The maximum absolute atomic E-state index is 11.9. The van der Waals surface area contributed by atoms with Crippen LogP contribution in [0.2, 0.25) is 0 Å². The van der Waals surface area contributed by atoms with Crippen LogP contribution in [0, 0.1) is 4.91 Å². The average Bonchev–Trinajstić information content (AvgIpc) is 3.15. The van der Waals surface area contributed by atoms with Crippen molar-refractivity contribution in [2.24, 2.45) is 5.18 Å². The Balaban J connectivity index is 1.51. The molecule has 2 unspecified atom stereocenters. The molecule has 0 aromatic heterocycles. The predicted molar refractivity (Wildman–Crippen MR) is 119 cm³/mol. The van der Waals surface area contributed by atoms with Crippen molar-refractivity contribution in [1.82, 2.24) is 0 Å². The molecule has 27 heavy (non-hydrogen) atoms. The second-order valence-corrected chi connectivity index (χ2v) is 12.3. The lowest BCUT2D eigenvalue weighted by molar-refractivity contribution is 0.00913. The van der Waals surface area contributed by atoms with Gasteiger partial charge in [0.25, 0.3) is 0 Å². The minimum atomic E-state index is -2.22. The van der Waals surface area contributed by atoms with Gasteiger partial charge in [-0.1, -0.05) is 50.4 Å². The predicted octanol–water partition coefficient (Wildman–Crippen LogP) is 3.35. The first-order valence-corrected chi connectivity index (χ1v) is 14.3. The van der Waals surface area contributed by atoms with Crippen molar-refractivity contribution in [2.75, 3.05) is 25.5 Å². The van der Waals surface area contributed by atoms with Crippen LogP contribution in [0.15, 0.2) is 5.18 Å². The fourth-order valence-electron chi connectivity index (χ4n) is 2.80. The van der Waals surface area contributed by atoms with Crippen molar-refractivity contribution in [2.45, 2.75) is 58.3 Å². The van der Waals surface area contributed by atoms with Crippen molar-refractivity contribution in [3.05, 3.63) is 4.91 Å². The SMILES string of the molecule is O=N[C@@H]1C[C@H](I)O[C@@H]1CO[PH](=O)CCCC[PH](=O)OC[C@H]1O[C@@H](I)C[C@H]1O. The van der Waals surface area contributed by atoms with E-state index < -0.39 is 40.4 Å². The van der Waals surface area contributed by atoms with E-state index in [1.165, 1.54) is 0 Å². The van der Waals surface area contributed by atoms with Gasteiger partial charge in [-0.3, -0.25) is 9.13 Å². The number of hydrogen-bond donors (Lipinski definition) is 1. The second-order valence-electron chi connectivity index (χ2n) is 6.45. The summed E-state index contributed by atoms with van der Waals surface area (Å²) in [7, 11) is -4.42. The zero-order chi connectivity index (χ0) is 19.8. The molecule has 0 aromatic carbocycles. The molecule has 0 saturated carbocycles. The third kappa shape index (κ3) is 8.92. The zero-order valence-electron chi connectivity index (χ0n) is 14.6. The molecule has 1 N–H and O–H groups in total. The molecule has 8 atom stereocenters. The Morgan fingerprint density at radius 1 is 0.963 bits per heavy atom. The topological polar surface area (TPSA) is 121 Å². The largest absolute Gasteiger partial charge is 0.390 e. The van der Waals surface area contributed by atoms with Gasteiger partial charge < -0.3 is 23.6 Å². The Morgan fingerprint density at radius 3 is 2.00 bits per heavy atom. The fourth-order valence-corrected chi connectivity index (χ4v) is 6.66. The molecule has 13 heteroatoms. The Labute approximate surface area is 187 Å². The summed E-state index contributed by atoms with van der Waals surface area (Å²) in [6, 6.07) is -0.450. The van der Waals surface area contributed by atoms with Gasteiger partial charge in [0, 0.05) is 25.2 Å². The van der Waals surface area contributed by atoms with Crippen molar-refractivity contribution in [3.63, 3.8) is 0 Å². The lowest BCUT2D eigenvalue weighted by Gasteiger charge is -2.14. The Bertz CT molecular complexity index is 531. The maximum atomic E-state index is 11.9. The first-order valence-electron chi connectivity index (χ1n) is 8.80. The number of hydrogen-bond acceptors (Lipinski definition) is 9. The summed E-state index contributed by atoms with van der Waals surface area (Å²) in [5.41, 5.74) is 0. The molecular weight excluding hydrogens is 626 g/mol. The molecule has 0 aliphatic carbocycles. The smallest absolute Gasteiger partial charge is 0.191 e. The van der Waals surface area contributed by atoms with E-state index in [4.69, 9.17) is 18.5 Å². The van der Waals surface area contributed by atoms with Gasteiger partial charge in [-0.25, -0.2) is 0 Å². The summed E-state index contributed by atoms with van der Waals surface area (Å²) in [5.74, 6) is 0. The average molecular weight is 651 g/mol. The van der Waals surface area contributed by atoms with Crippen LogP contribution in [0.4, 0.5) is 0 Å². The summed E-state index contributed by atoms with van der Waals surface area (Å²) in [6.45, 7) is 0.234. The molecular formula is C14H25I2NO8P2. The van der Waals surface area contributed by atoms with E-state index in [-0.39, 0.29) is 21.4 Å². The molecule has 0 spiro atoms. The number of rotatable bonds is 12.